The van der Waals surface area contributed by atoms with Crippen LogP contribution in [0.3, 0.4) is 0 Å². The summed E-state index contributed by atoms with van der Waals surface area (Å²) in [6.45, 7) is 11.3. The van der Waals surface area contributed by atoms with Crippen molar-refractivity contribution in [1.29, 1.82) is 0 Å². The van der Waals surface area contributed by atoms with Crippen LogP contribution in [0, 0.1) is 13.8 Å². The monoisotopic (exact) mass is 690 g/mol. The van der Waals surface area contributed by atoms with Gasteiger partial charge in [0.25, 0.3) is 11.8 Å². The van der Waals surface area contributed by atoms with Crippen molar-refractivity contribution in [2.24, 2.45) is 0 Å². The molecule has 8 nitrogen and oxygen atoms in total. The average Bonchev–Trinajstić information content (AvgIpc) is 3.18. The van der Waals surface area contributed by atoms with Gasteiger partial charge in [-0.2, -0.15) is 0 Å². The van der Waals surface area contributed by atoms with Crippen molar-refractivity contribution < 1.29 is 9.59 Å². The zero-order valence-electron chi connectivity index (χ0n) is 30.1. The second-order valence-electron chi connectivity index (χ2n) is 13.7. The summed E-state index contributed by atoms with van der Waals surface area (Å²) < 4.78 is 0. The van der Waals surface area contributed by atoms with Crippen molar-refractivity contribution >= 4 is 33.6 Å². The number of hydrogen-bond acceptors (Lipinski definition) is 6. The SMILES string of the molecule is Cc1ccccc1-c1cc(C(=O)NCCCN2CCN(CCCNC(=O)c3cc(-c4ccccc4C)nc4ccccc34)CC2)c2ccccc2n1. The molecule has 0 bridgehead atoms. The van der Waals surface area contributed by atoms with Gasteiger partial charge < -0.3 is 20.4 Å². The number of nitrogens with one attached hydrogen (secondary N) is 2. The number of fused-ring (bicyclic) bond motifs is 2. The zero-order chi connectivity index (χ0) is 35.9. The summed E-state index contributed by atoms with van der Waals surface area (Å²) in [5, 5.41) is 8.07. The molecule has 1 saturated heterocycles. The molecule has 8 heteroatoms. The maximum Gasteiger partial charge on any atom is 0.252 e. The molecule has 2 aromatic heterocycles. The number of hydrogen-bond donors (Lipinski definition) is 2. The lowest BCUT2D eigenvalue weighted by Crippen LogP contribution is -2.47. The molecule has 3 heterocycles. The number of aryl methyl sites for hydroxylation is 2. The number of pyridine rings is 2. The predicted octanol–water partition coefficient (Wildman–Crippen LogP) is 7.29. The topological polar surface area (TPSA) is 90.5 Å². The molecule has 52 heavy (non-hydrogen) atoms. The van der Waals surface area contributed by atoms with E-state index in [4.69, 9.17) is 9.97 Å². The van der Waals surface area contributed by atoms with E-state index in [1.165, 1.54) is 0 Å². The molecule has 2 N–H and O–H groups in total. The first-order valence-electron chi connectivity index (χ1n) is 18.4. The van der Waals surface area contributed by atoms with Crippen LogP contribution in [0.15, 0.2) is 109 Å². The van der Waals surface area contributed by atoms with Crippen LogP contribution >= 0.6 is 0 Å². The van der Waals surface area contributed by atoms with Gasteiger partial charge in [0.2, 0.25) is 0 Å². The van der Waals surface area contributed by atoms with Gasteiger partial charge in [-0.25, -0.2) is 9.97 Å². The van der Waals surface area contributed by atoms with Gasteiger partial charge in [-0.1, -0.05) is 84.9 Å². The average molecular weight is 691 g/mol. The number of nitrogens with zero attached hydrogens (tertiary/aromatic N) is 4. The van der Waals surface area contributed by atoms with Gasteiger partial charge in [0.05, 0.1) is 33.5 Å². The molecular formula is C44H46N6O2. The Labute approximate surface area is 305 Å². The Kier molecular flexibility index (Phi) is 10.9. The third kappa shape index (κ3) is 8.04. The van der Waals surface area contributed by atoms with E-state index in [0.717, 1.165) is 108 Å². The van der Waals surface area contributed by atoms with Crippen LogP contribution in [0.2, 0.25) is 0 Å². The third-order valence-corrected chi connectivity index (χ3v) is 10.1. The molecule has 264 valence electrons. The van der Waals surface area contributed by atoms with Crippen molar-refractivity contribution in [3.8, 4) is 22.5 Å². The highest BCUT2D eigenvalue weighted by Gasteiger charge is 2.19. The molecule has 0 radical (unpaired) electrons. The number of rotatable bonds is 12. The van der Waals surface area contributed by atoms with Crippen LogP contribution in [-0.2, 0) is 0 Å². The Hall–Kier alpha value is -5.44. The molecule has 0 atom stereocenters. The van der Waals surface area contributed by atoms with Crippen LogP contribution < -0.4 is 10.6 Å². The van der Waals surface area contributed by atoms with Crippen molar-refractivity contribution in [2.45, 2.75) is 26.7 Å². The molecule has 0 spiro atoms. The number of piperazine rings is 1. The molecular weight excluding hydrogens is 645 g/mol. The Bertz CT molecular complexity index is 2050. The summed E-state index contributed by atoms with van der Waals surface area (Å²) in [5.74, 6) is -0.122. The summed E-state index contributed by atoms with van der Waals surface area (Å²) in [4.78, 5) is 41.5. The number of carbonyl (C=O) groups is 2. The molecule has 2 amide bonds. The first kappa shape index (κ1) is 35.0. The van der Waals surface area contributed by atoms with Gasteiger partial charge in [-0.3, -0.25) is 9.59 Å². The molecule has 1 aliphatic rings. The molecule has 1 aliphatic heterocycles. The third-order valence-electron chi connectivity index (χ3n) is 10.1. The first-order chi connectivity index (χ1) is 25.4. The van der Waals surface area contributed by atoms with Gasteiger partial charge in [-0.05, 0) is 75.2 Å². The Morgan fingerprint density at radius 1 is 0.558 bits per heavy atom. The number of amides is 2. The van der Waals surface area contributed by atoms with Crippen LogP contribution in [0.1, 0.15) is 44.7 Å². The van der Waals surface area contributed by atoms with E-state index >= 15 is 0 Å². The van der Waals surface area contributed by atoms with Gasteiger partial charge in [-0.15, -0.1) is 0 Å². The number of para-hydroxylation sites is 2. The van der Waals surface area contributed by atoms with E-state index in [0.29, 0.717) is 24.2 Å². The predicted molar refractivity (Wildman–Crippen MR) is 211 cm³/mol. The van der Waals surface area contributed by atoms with Crippen molar-refractivity contribution in [3.05, 3.63) is 131 Å². The van der Waals surface area contributed by atoms with Crippen molar-refractivity contribution in [3.63, 3.8) is 0 Å². The fourth-order valence-electron chi connectivity index (χ4n) is 7.16. The van der Waals surface area contributed by atoms with Gasteiger partial charge >= 0.3 is 0 Å². The minimum absolute atomic E-state index is 0.0609. The van der Waals surface area contributed by atoms with E-state index in [1.54, 1.807) is 0 Å². The maximum absolute atomic E-state index is 13.4. The quantitative estimate of drug-likeness (QED) is 0.131. The summed E-state index contributed by atoms with van der Waals surface area (Å²) in [6, 6.07) is 35.9. The standard InChI is InChI=1S/C44H46N6O2/c1-31-13-3-5-15-33(31)41-29-37(35-17-7-9-19-39(35)47-41)43(51)45-21-11-23-49-25-27-50(28-26-49)24-12-22-46-44(52)38-30-42(34-16-6-4-14-32(34)2)48-40-20-10-8-18-36(38)40/h3-10,13-20,29-30H,11-12,21-28H2,1-2H3,(H,45,51)(H,46,52). The normalized spacial score (nSPS) is 13.7. The first-order valence-corrected chi connectivity index (χ1v) is 18.4. The fourth-order valence-corrected chi connectivity index (χ4v) is 7.16. The Morgan fingerprint density at radius 2 is 0.942 bits per heavy atom. The van der Waals surface area contributed by atoms with E-state index < -0.39 is 0 Å². The number of aromatic nitrogens is 2. The highest BCUT2D eigenvalue weighted by atomic mass is 16.2. The van der Waals surface area contributed by atoms with E-state index in [-0.39, 0.29) is 11.8 Å². The second kappa shape index (κ2) is 16.3. The van der Waals surface area contributed by atoms with E-state index in [9.17, 15) is 9.59 Å². The molecule has 7 rings (SSSR count). The van der Waals surface area contributed by atoms with E-state index in [2.05, 4.69) is 58.5 Å². The molecule has 0 unspecified atom stereocenters. The summed E-state index contributed by atoms with van der Waals surface area (Å²) in [7, 11) is 0. The zero-order valence-corrected chi connectivity index (χ0v) is 30.1. The lowest BCUT2D eigenvalue weighted by atomic mass is 10.0. The Balaban J connectivity index is 0.854. The molecule has 6 aromatic rings. The molecule has 4 aromatic carbocycles. The van der Waals surface area contributed by atoms with Crippen LogP contribution in [0.5, 0.6) is 0 Å². The van der Waals surface area contributed by atoms with Crippen molar-refractivity contribution in [2.75, 3.05) is 52.4 Å². The van der Waals surface area contributed by atoms with Crippen molar-refractivity contribution in [1.82, 2.24) is 30.4 Å². The van der Waals surface area contributed by atoms with Crippen LogP contribution in [0.25, 0.3) is 44.3 Å². The minimum Gasteiger partial charge on any atom is -0.352 e. The largest absolute Gasteiger partial charge is 0.352 e. The lowest BCUT2D eigenvalue weighted by molar-refractivity contribution is 0.0936. The molecule has 1 fully saturated rings. The molecule has 0 aliphatic carbocycles. The van der Waals surface area contributed by atoms with E-state index in [1.807, 2.05) is 84.9 Å². The maximum atomic E-state index is 13.4. The summed E-state index contributed by atoms with van der Waals surface area (Å²) in [5.41, 5.74) is 8.94. The lowest BCUT2D eigenvalue weighted by Gasteiger charge is -2.34. The number of carbonyl (C=O) groups excluding carboxylic acids is 2. The summed E-state index contributed by atoms with van der Waals surface area (Å²) >= 11 is 0. The smallest absolute Gasteiger partial charge is 0.252 e. The van der Waals surface area contributed by atoms with Gasteiger partial charge in [0.1, 0.15) is 0 Å². The van der Waals surface area contributed by atoms with Gasteiger partial charge in [0.15, 0.2) is 0 Å². The number of benzene rings is 4. The molecule has 0 saturated carbocycles. The highest BCUT2D eigenvalue weighted by molar-refractivity contribution is 6.08. The second-order valence-corrected chi connectivity index (χ2v) is 13.7. The summed E-state index contributed by atoms with van der Waals surface area (Å²) in [6.07, 6.45) is 1.78. The fraction of sp³-hybridized carbons (Fsp3) is 0.273. The van der Waals surface area contributed by atoms with Crippen LogP contribution in [-0.4, -0.2) is 83.9 Å². The minimum atomic E-state index is -0.0609. The van der Waals surface area contributed by atoms with Crippen LogP contribution in [0.4, 0.5) is 0 Å². The van der Waals surface area contributed by atoms with Gasteiger partial charge in [0, 0.05) is 61.2 Å². The highest BCUT2D eigenvalue weighted by Crippen LogP contribution is 2.28. The Morgan fingerprint density at radius 3 is 1.37 bits per heavy atom.